The lowest BCUT2D eigenvalue weighted by atomic mass is 10.1. The molecule has 0 atom stereocenters. The second-order valence-electron chi connectivity index (χ2n) is 3.66. The SMILES string of the molecule is Cc1ccccc1C=NNC(=O)c1ccc(Br)o1. The Hall–Kier alpha value is -1.88. The molecular formula is C13H11BrN2O2. The maximum Gasteiger partial charge on any atom is 0.307 e. The molecule has 1 amide bonds. The van der Waals surface area contributed by atoms with Crippen LogP contribution in [0.1, 0.15) is 21.7 Å². The number of amides is 1. The van der Waals surface area contributed by atoms with Gasteiger partial charge in [-0.1, -0.05) is 24.3 Å². The summed E-state index contributed by atoms with van der Waals surface area (Å²) in [5.74, 6) is -0.172. The lowest BCUT2D eigenvalue weighted by Gasteiger charge is -1.98. The lowest BCUT2D eigenvalue weighted by molar-refractivity contribution is 0.0926. The fourth-order valence-electron chi connectivity index (χ4n) is 1.38. The molecule has 2 aromatic rings. The van der Waals surface area contributed by atoms with Crippen LogP contribution in [0.25, 0.3) is 0 Å². The summed E-state index contributed by atoms with van der Waals surface area (Å²) >= 11 is 3.13. The van der Waals surface area contributed by atoms with Crippen LogP contribution in [0.2, 0.25) is 0 Å². The minimum atomic E-state index is -0.384. The van der Waals surface area contributed by atoms with Gasteiger partial charge in [0.2, 0.25) is 0 Å². The third kappa shape index (κ3) is 3.07. The highest BCUT2D eigenvalue weighted by atomic mass is 79.9. The Balaban J connectivity index is 2.00. The van der Waals surface area contributed by atoms with E-state index in [1.54, 1.807) is 18.3 Å². The molecule has 92 valence electrons. The minimum Gasteiger partial charge on any atom is -0.444 e. The first kappa shape index (κ1) is 12.6. The molecule has 1 heterocycles. The van der Waals surface area contributed by atoms with E-state index in [-0.39, 0.29) is 11.7 Å². The van der Waals surface area contributed by atoms with Gasteiger partial charge < -0.3 is 4.42 Å². The molecule has 0 fully saturated rings. The van der Waals surface area contributed by atoms with Crippen molar-refractivity contribution in [2.24, 2.45) is 5.10 Å². The zero-order valence-corrected chi connectivity index (χ0v) is 11.3. The topological polar surface area (TPSA) is 54.6 Å². The fraction of sp³-hybridized carbons (Fsp3) is 0.0769. The van der Waals surface area contributed by atoms with Gasteiger partial charge in [-0.05, 0) is 46.1 Å². The second-order valence-corrected chi connectivity index (χ2v) is 4.44. The molecule has 0 spiro atoms. The molecule has 0 aliphatic rings. The average Bonchev–Trinajstić information content (AvgIpc) is 2.78. The molecule has 5 heteroatoms. The first-order valence-electron chi connectivity index (χ1n) is 5.31. The molecule has 1 aromatic carbocycles. The number of rotatable bonds is 3. The molecule has 0 unspecified atom stereocenters. The van der Waals surface area contributed by atoms with Crippen molar-refractivity contribution in [3.8, 4) is 0 Å². The third-order valence-corrected chi connectivity index (χ3v) is 2.78. The maximum absolute atomic E-state index is 11.6. The van der Waals surface area contributed by atoms with E-state index in [9.17, 15) is 4.79 Å². The number of hydrogen-bond acceptors (Lipinski definition) is 3. The highest BCUT2D eigenvalue weighted by Crippen LogP contribution is 2.13. The summed E-state index contributed by atoms with van der Waals surface area (Å²) in [5, 5.41) is 3.89. The average molecular weight is 307 g/mol. The predicted octanol–water partition coefficient (Wildman–Crippen LogP) is 3.11. The van der Waals surface area contributed by atoms with Gasteiger partial charge in [0.05, 0.1) is 6.21 Å². The van der Waals surface area contributed by atoms with Gasteiger partial charge in [-0.3, -0.25) is 4.79 Å². The maximum atomic E-state index is 11.6. The third-order valence-electron chi connectivity index (χ3n) is 2.36. The molecule has 4 nitrogen and oxygen atoms in total. The van der Waals surface area contributed by atoms with Crippen LogP contribution in [-0.2, 0) is 0 Å². The van der Waals surface area contributed by atoms with Crippen molar-refractivity contribution in [2.45, 2.75) is 6.92 Å². The molecular weight excluding hydrogens is 296 g/mol. The van der Waals surface area contributed by atoms with Crippen molar-refractivity contribution in [2.75, 3.05) is 0 Å². The van der Waals surface area contributed by atoms with E-state index in [0.717, 1.165) is 11.1 Å². The number of halogens is 1. The number of carbonyl (C=O) groups excluding carboxylic acids is 1. The smallest absolute Gasteiger partial charge is 0.307 e. The van der Waals surface area contributed by atoms with Crippen LogP contribution in [0.15, 0.2) is 50.6 Å². The quantitative estimate of drug-likeness (QED) is 0.699. The van der Waals surface area contributed by atoms with Crippen LogP contribution in [0, 0.1) is 6.92 Å². The molecule has 0 saturated heterocycles. The Kier molecular flexibility index (Phi) is 3.94. The Morgan fingerprint density at radius 3 is 2.78 bits per heavy atom. The highest BCUT2D eigenvalue weighted by Gasteiger charge is 2.08. The van der Waals surface area contributed by atoms with Crippen molar-refractivity contribution >= 4 is 28.1 Å². The van der Waals surface area contributed by atoms with Gasteiger partial charge in [0.25, 0.3) is 0 Å². The van der Waals surface area contributed by atoms with Crippen LogP contribution >= 0.6 is 15.9 Å². The fourth-order valence-corrected chi connectivity index (χ4v) is 1.69. The first-order valence-corrected chi connectivity index (χ1v) is 6.10. The summed E-state index contributed by atoms with van der Waals surface area (Å²) in [6.45, 7) is 1.98. The van der Waals surface area contributed by atoms with Gasteiger partial charge in [-0.2, -0.15) is 5.10 Å². The van der Waals surface area contributed by atoms with E-state index < -0.39 is 0 Å². The van der Waals surface area contributed by atoms with Crippen LogP contribution in [0.5, 0.6) is 0 Å². The van der Waals surface area contributed by atoms with Gasteiger partial charge in [-0.25, -0.2) is 5.43 Å². The van der Waals surface area contributed by atoms with Gasteiger partial charge in [0, 0.05) is 0 Å². The molecule has 1 aromatic heterocycles. The van der Waals surface area contributed by atoms with Crippen molar-refractivity contribution < 1.29 is 9.21 Å². The number of benzene rings is 1. The molecule has 0 radical (unpaired) electrons. The summed E-state index contributed by atoms with van der Waals surface area (Å²) in [5.41, 5.74) is 4.45. The number of furan rings is 1. The summed E-state index contributed by atoms with van der Waals surface area (Å²) in [7, 11) is 0. The molecule has 0 bridgehead atoms. The molecule has 18 heavy (non-hydrogen) atoms. The van der Waals surface area contributed by atoms with Crippen molar-refractivity contribution in [1.29, 1.82) is 0 Å². The number of nitrogens with one attached hydrogen (secondary N) is 1. The molecule has 0 saturated carbocycles. The first-order chi connectivity index (χ1) is 8.66. The number of hydrogen-bond donors (Lipinski definition) is 1. The van der Waals surface area contributed by atoms with Crippen molar-refractivity contribution in [1.82, 2.24) is 5.43 Å². The highest BCUT2D eigenvalue weighted by molar-refractivity contribution is 9.10. The van der Waals surface area contributed by atoms with E-state index >= 15 is 0 Å². The normalized spacial score (nSPS) is 10.8. The van der Waals surface area contributed by atoms with Crippen LogP contribution in [0.4, 0.5) is 0 Å². The summed E-state index contributed by atoms with van der Waals surface area (Å²) in [4.78, 5) is 11.6. The van der Waals surface area contributed by atoms with Gasteiger partial charge in [-0.15, -0.1) is 0 Å². The summed E-state index contributed by atoms with van der Waals surface area (Å²) in [6.07, 6.45) is 1.60. The number of nitrogens with zero attached hydrogens (tertiary/aromatic N) is 1. The van der Waals surface area contributed by atoms with Crippen LogP contribution in [0.3, 0.4) is 0 Å². The van der Waals surface area contributed by atoms with Crippen molar-refractivity contribution in [3.05, 3.63) is 58.0 Å². The van der Waals surface area contributed by atoms with Crippen molar-refractivity contribution in [3.63, 3.8) is 0 Å². The summed E-state index contributed by atoms with van der Waals surface area (Å²) in [6, 6.07) is 11.0. The van der Waals surface area contributed by atoms with Crippen LogP contribution < -0.4 is 5.43 Å². The Morgan fingerprint density at radius 2 is 2.11 bits per heavy atom. The Bertz CT molecular complexity index is 590. The van der Waals surface area contributed by atoms with E-state index in [4.69, 9.17) is 4.42 Å². The van der Waals surface area contributed by atoms with E-state index in [2.05, 4.69) is 26.5 Å². The van der Waals surface area contributed by atoms with E-state index in [1.807, 2.05) is 31.2 Å². The van der Waals surface area contributed by atoms with Gasteiger partial charge in [0.1, 0.15) is 0 Å². The van der Waals surface area contributed by atoms with Crippen LogP contribution in [-0.4, -0.2) is 12.1 Å². The van der Waals surface area contributed by atoms with E-state index in [1.165, 1.54) is 0 Å². The Morgan fingerprint density at radius 1 is 1.33 bits per heavy atom. The lowest BCUT2D eigenvalue weighted by Crippen LogP contribution is -2.16. The summed E-state index contributed by atoms with van der Waals surface area (Å²) < 4.78 is 5.61. The molecule has 0 aliphatic heterocycles. The molecule has 0 aliphatic carbocycles. The Labute approximate surface area is 113 Å². The number of aryl methyl sites for hydroxylation is 1. The molecule has 1 N–H and O–H groups in total. The number of carbonyl (C=O) groups is 1. The second kappa shape index (κ2) is 5.64. The van der Waals surface area contributed by atoms with Gasteiger partial charge >= 0.3 is 5.91 Å². The zero-order chi connectivity index (χ0) is 13.0. The minimum absolute atomic E-state index is 0.212. The predicted molar refractivity (Wildman–Crippen MR) is 72.6 cm³/mol. The number of hydrazone groups is 1. The van der Waals surface area contributed by atoms with Gasteiger partial charge in [0.15, 0.2) is 10.4 Å². The van der Waals surface area contributed by atoms with E-state index in [0.29, 0.717) is 4.67 Å². The zero-order valence-electron chi connectivity index (χ0n) is 9.68. The molecule has 2 rings (SSSR count). The largest absolute Gasteiger partial charge is 0.444 e. The monoisotopic (exact) mass is 306 g/mol. The standard InChI is InChI=1S/C13H11BrN2O2/c1-9-4-2-3-5-10(9)8-15-16-13(17)11-6-7-12(14)18-11/h2-8H,1H3,(H,16,17).